The van der Waals surface area contributed by atoms with E-state index in [1.807, 2.05) is 48.5 Å². The molecule has 0 aromatic heterocycles. The van der Waals surface area contributed by atoms with Gasteiger partial charge >= 0.3 is 0 Å². The molecule has 0 bridgehead atoms. The van der Waals surface area contributed by atoms with E-state index in [0.717, 1.165) is 50.4 Å². The molecule has 296 valence electrons. The first-order valence-electron chi connectivity index (χ1n) is 19.4. The molecule has 0 N–H and O–H groups in total. The smallest absolute Gasteiger partial charge is 0.167 e. The highest BCUT2D eigenvalue weighted by Gasteiger charge is 2.26. The molecule has 6 aromatic rings. The van der Waals surface area contributed by atoms with Crippen molar-refractivity contribution in [3.63, 3.8) is 0 Å². The lowest BCUT2D eigenvalue weighted by Crippen LogP contribution is -2.03. The van der Waals surface area contributed by atoms with Crippen LogP contribution in [0, 0.1) is 23.3 Å². The third kappa shape index (κ3) is 9.43. The van der Waals surface area contributed by atoms with Crippen LogP contribution in [0.4, 0.5) is 17.6 Å². The van der Waals surface area contributed by atoms with Gasteiger partial charge in [0, 0.05) is 35.1 Å². The third-order valence-corrected chi connectivity index (χ3v) is 10.4. The molecule has 4 unspecified atom stereocenters. The standard InChI is InChI=1S/C24H20F2O4.C24H20F2O2/c25-23-21(15-1-5-17(6-2-15)27-11-19-13-29-19)9-10-22(24(23)26)16-3-7-18(8-4-16)28-12-20-14-30-20;25-23-21(17-5-1-15(2-6-17)11-19-13-27-19)9-10-22(24(23)26)18-7-3-16(4-8-18)12-20-14-28-20/h1-10,19-20H,11-14H2;1-10,19-20H,11-14H2. The summed E-state index contributed by atoms with van der Waals surface area (Å²) in [6.45, 7) is 4.04. The Morgan fingerprint density at radius 3 is 0.879 bits per heavy atom. The van der Waals surface area contributed by atoms with Crippen LogP contribution in [0.3, 0.4) is 0 Å². The summed E-state index contributed by atoms with van der Waals surface area (Å²) < 4.78 is 91.1. The van der Waals surface area contributed by atoms with Crippen molar-refractivity contribution in [1.29, 1.82) is 0 Å². The molecule has 0 saturated carbocycles. The van der Waals surface area contributed by atoms with Crippen LogP contribution in [0.5, 0.6) is 11.5 Å². The molecule has 10 heteroatoms. The lowest BCUT2D eigenvalue weighted by atomic mass is 9.97. The quantitative estimate of drug-likeness (QED) is 0.0809. The Balaban J connectivity index is 0.000000151. The molecule has 0 radical (unpaired) electrons. The summed E-state index contributed by atoms with van der Waals surface area (Å²) in [7, 11) is 0. The van der Waals surface area contributed by atoms with Crippen molar-refractivity contribution in [3.05, 3.63) is 156 Å². The van der Waals surface area contributed by atoms with Crippen LogP contribution in [0.25, 0.3) is 44.5 Å². The maximum atomic E-state index is 14.8. The molecule has 4 atom stereocenters. The van der Waals surface area contributed by atoms with Crippen molar-refractivity contribution in [3.8, 4) is 56.0 Å². The van der Waals surface area contributed by atoms with Gasteiger partial charge in [0.25, 0.3) is 0 Å². The number of hydrogen-bond acceptors (Lipinski definition) is 6. The second kappa shape index (κ2) is 16.8. The molecule has 0 spiro atoms. The Morgan fingerprint density at radius 1 is 0.362 bits per heavy atom. The summed E-state index contributed by atoms with van der Waals surface area (Å²) in [5.41, 5.74) is 5.75. The molecule has 4 saturated heterocycles. The highest BCUT2D eigenvalue weighted by atomic mass is 19.2. The predicted octanol–water partition coefficient (Wildman–Crippen LogP) is 10.0. The summed E-state index contributed by atoms with van der Waals surface area (Å²) in [6.07, 6.45) is 2.66. The lowest BCUT2D eigenvalue weighted by molar-refractivity contribution is 0.263. The molecule has 4 aliphatic rings. The molecule has 4 aliphatic heterocycles. The van der Waals surface area contributed by atoms with Crippen LogP contribution in [-0.4, -0.2) is 64.1 Å². The van der Waals surface area contributed by atoms with E-state index in [4.69, 9.17) is 28.4 Å². The number of halogens is 4. The lowest BCUT2D eigenvalue weighted by Gasteiger charge is -2.11. The summed E-state index contributed by atoms with van der Waals surface area (Å²) >= 11 is 0. The summed E-state index contributed by atoms with van der Waals surface area (Å²) in [5.74, 6) is -2.04. The van der Waals surface area contributed by atoms with Gasteiger partial charge in [-0.1, -0.05) is 97.1 Å². The third-order valence-electron chi connectivity index (χ3n) is 10.4. The molecule has 4 heterocycles. The van der Waals surface area contributed by atoms with Crippen LogP contribution in [-0.2, 0) is 31.8 Å². The molecular formula is C48H40F4O6. The van der Waals surface area contributed by atoms with E-state index in [1.54, 1.807) is 72.8 Å². The van der Waals surface area contributed by atoms with Gasteiger partial charge < -0.3 is 28.4 Å². The van der Waals surface area contributed by atoms with E-state index in [9.17, 15) is 17.6 Å². The number of rotatable bonds is 14. The van der Waals surface area contributed by atoms with E-state index in [0.29, 0.717) is 59.2 Å². The average molecular weight is 789 g/mol. The monoisotopic (exact) mass is 788 g/mol. The minimum atomic E-state index is -0.876. The van der Waals surface area contributed by atoms with Crippen molar-refractivity contribution in [2.75, 3.05) is 39.6 Å². The van der Waals surface area contributed by atoms with Gasteiger partial charge in [-0.3, -0.25) is 0 Å². The van der Waals surface area contributed by atoms with Gasteiger partial charge in [0.05, 0.1) is 38.6 Å². The van der Waals surface area contributed by atoms with Gasteiger partial charge in [-0.15, -0.1) is 0 Å². The van der Waals surface area contributed by atoms with Crippen LogP contribution in [0.2, 0.25) is 0 Å². The van der Waals surface area contributed by atoms with E-state index in [-0.39, 0.29) is 34.5 Å². The van der Waals surface area contributed by atoms with Gasteiger partial charge in [-0.2, -0.15) is 0 Å². The van der Waals surface area contributed by atoms with Gasteiger partial charge in [-0.25, -0.2) is 17.6 Å². The summed E-state index contributed by atoms with van der Waals surface area (Å²) in [5, 5.41) is 0. The average Bonchev–Trinajstić information content (AvgIpc) is 4.04. The Morgan fingerprint density at radius 2 is 0.621 bits per heavy atom. The van der Waals surface area contributed by atoms with Crippen molar-refractivity contribution >= 4 is 0 Å². The highest BCUT2D eigenvalue weighted by Crippen LogP contribution is 2.35. The van der Waals surface area contributed by atoms with Gasteiger partial charge in [0.15, 0.2) is 23.3 Å². The maximum absolute atomic E-state index is 14.8. The van der Waals surface area contributed by atoms with Gasteiger partial charge in [0.1, 0.15) is 36.9 Å². The SMILES string of the molecule is Fc1c(-c2ccc(CC3CO3)cc2)ccc(-c2ccc(CC3CO3)cc2)c1F.Fc1c(-c2ccc(OCC3CO3)cc2)ccc(-c2ccc(OCC3CO3)cc2)c1F. The second-order valence-electron chi connectivity index (χ2n) is 14.9. The second-order valence-corrected chi connectivity index (χ2v) is 14.9. The fourth-order valence-corrected chi connectivity index (χ4v) is 6.70. The first-order chi connectivity index (χ1) is 28.3. The molecular weight excluding hydrogens is 749 g/mol. The van der Waals surface area contributed by atoms with Crippen LogP contribution < -0.4 is 9.47 Å². The largest absolute Gasteiger partial charge is 0.491 e. The van der Waals surface area contributed by atoms with Crippen molar-refractivity contribution < 1.29 is 46.0 Å². The van der Waals surface area contributed by atoms with Crippen molar-refractivity contribution in [1.82, 2.24) is 0 Å². The molecule has 0 aliphatic carbocycles. The highest BCUT2D eigenvalue weighted by molar-refractivity contribution is 5.73. The predicted molar refractivity (Wildman–Crippen MR) is 212 cm³/mol. The Bertz CT molecular complexity index is 2190. The van der Waals surface area contributed by atoms with E-state index in [2.05, 4.69) is 0 Å². The summed E-state index contributed by atoms with van der Waals surface area (Å²) in [4.78, 5) is 0. The van der Waals surface area contributed by atoms with Gasteiger partial charge in [-0.05, 0) is 57.6 Å². The Kier molecular flexibility index (Phi) is 11.0. The first-order valence-corrected chi connectivity index (χ1v) is 19.4. The van der Waals surface area contributed by atoms with Crippen molar-refractivity contribution in [2.24, 2.45) is 0 Å². The minimum absolute atomic E-state index is 0.164. The molecule has 0 amide bonds. The Hall–Kier alpha value is -5.52. The maximum Gasteiger partial charge on any atom is 0.167 e. The normalized spacial score (nSPS) is 19.8. The van der Waals surface area contributed by atoms with E-state index in [1.165, 1.54) is 0 Å². The zero-order valence-corrected chi connectivity index (χ0v) is 31.5. The first kappa shape index (κ1) is 38.0. The fourth-order valence-electron chi connectivity index (χ4n) is 6.70. The number of benzene rings is 6. The Labute approximate surface area is 333 Å². The van der Waals surface area contributed by atoms with E-state index >= 15 is 0 Å². The number of ether oxygens (including phenoxy) is 6. The molecule has 58 heavy (non-hydrogen) atoms. The zero-order chi connectivity index (χ0) is 39.6. The van der Waals surface area contributed by atoms with E-state index < -0.39 is 23.3 Å². The molecule has 6 nitrogen and oxygen atoms in total. The molecule has 6 aromatic carbocycles. The van der Waals surface area contributed by atoms with Crippen molar-refractivity contribution in [2.45, 2.75) is 37.3 Å². The summed E-state index contributed by atoms with van der Waals surface area (Å²) in [6, 6.07) is 35.5. The molecule has 4 fully saturated rings. The van der Waals surface area contributed by atoms with Crippen LogP contribution >= 0.6 is 0 Å². The zero-order valence-electron chi connectivity index (χ0n) is 31.5. The number of epoxide rings is 4. The van der Waals surface area contributed by atoms with Crippen LogP contribution in [0.1, 0.15) is 11.1 Å². The topological polar surface area (TPSA) is 68.6 Å². The van der Waals surface area contributed by atoms with Crippen LogP contribution in [0.15, 0.2) is 121 Å². The number of hydrogen-bond donors (Lipinski definition) is 0. The molecule has 10 rings (SSSR count). The van der Waals surface area contributed by atoms with Gasteiger partial charge in [0.2, 0.25) is 0 Å². The fraction of sp³-hybridized carbons (Fsp3) is 0.250. The minimum Gasteiger partial charge on any atom is -0.491 e.